The lowest BCUT2D eigenvalue weighted by atomic mass is 10.0. The first-order valence-electron chi connectivity index (χ1n) is 6.75. The average molecular weight is 314 g/mol. The predicted octanol–water partition coefficient (Wildman–Crippen LogP) is 3.34. The van der Waals surface area contributed by atoms with Crippen molar-refractivity contribution in [3.05, 3.63) is 35.9 Å². The summed E-state index contributed by atoms with van der Waals surface area (Å²) in [6, 6.07) is 7.44. The SMILES string of the molecule is COc1cc(O)c2c(C=O)c(-c3ccc(O)cc3OC)oc2c1. The number of ether oxygens (including phenoxy) is 2. The summed E-state index contributed by atoms with van der Waals surface area (Å²) >= 11 is 0. The molecule has 0 saturated heterocycles. The van der Waals surface area contributed by atoms with Crippen molar-refractivity contribution in [3.8, 4) is 34.3 Å². The molecule has 0 aliphatic heterocycles. The van der Waals surface area contributed by atoms with Gasteiger partial charge in [-0.3, -0.25) is 4.79 Å². The van der Waals surface area contributed by atoms with Crippen LogP contribution in [-0.2, 0) is 0 Å². The van der Waals surface area contributed by atoms with Crippen molar-refractivity contribution in [2.24, 2.45) is 0 Å². The molecule has 0 aliphatic rings. The van der Waals surface area contributed by atoms with Gasteiger partial charge in [-0.05, 0) is 12.1 Å². The third kappa shape index (κ3) is 2.34. The highest BCUT2D eigenvalue weighted by atomic mass is 16.5. The van der Waals surface area contributed by atoms with E-state index in [4.69, 9.17) is 13.9 Å². The molecule has 0 spiro atoms. The maximum absolute atomic E-state index is 11.6. The summed E-state index contributed by atoms with van der Waals surface area (Å²) in [5.74, 6) is 0.910. The largest absolute Gasteiger partial charge is 0.508 e. The van der Waals surface area contributed by atoms with Crippen LogP contribution >= 0.6 is 0 Å². The van der Waals surface area contributed by atoms with Gasteiger partial charge in [0.05, 0.1) is 30.7 Å². The maximum atomic E-state index is 11.6. The molecule has 1 heterocycles. The van der Waals surface area contributed by atoms with Crippen molar-refractivity contribution in [3.63, 3.8) is 0 Å². The van der Waals surface area contributed by atoms with Crippen LogP contribution in [0.2, 0.25) is 0 Å². The molecular formula is C17H14O6. The molecule has 3 aromatic rings. The van der Waals surface area contributed by atoms with Crippen LogP contribution in [0.5, 0.6) is 23.0 Å². The molecule has 0 aliphatic carbocycles. The molecule has 0 fully saturated rings. The molecule has 3 rings (SSSR count). The Morgan fingerprint density at radius 2 is 1.87 bits per heavy atom. The van der Waals surface area contributed by atoms with Crippen LogP contribution in [0.4, 0.5) is 0 Å². The Hall–Kier alpha value is -3.15. The lowest BCUT2D eigenvalue weighted by molar-refractivity contribution is 0.112. The van der Waals surface area contributed by atoms with Gasteiger partial charge in [0.15, 0.2) is 6.29 Å². The Labute approximate surface area is 131 Å². The first kappa shape index (κ1) is 14.8. The predicted molar refractivity (Wildman–Crippen MR) is 83.5 cm³/mol. The van der Waals surface area contributed by atoms with Crippen molar-refractivity contribution >= 4 is 17.3 Å². The number of methoxy groups -OCH3 is 2. The molecule has 2 aromatic carbocycles. The summed E-state index contributed by atoms with van der Waals surface area (Å²) in [5.41, 5.74) is 1.00. The molecule has 0 atom stereocenters. The van der Waals surface area contributed by atoms with Gasteiger partial charge in [0.1, 0.15) is 34.3 Å². The normalized spacial score (nSPS) is 10.7. The van der Waals surface area contributed by atoms with E-state index in [1.54, 1.807) is 12.1 Å². The van der Waals surface area contributed by atoms with Crippen LogP contribution in [-0.4, -0.2) is 30.7 Å². The molecule has 0 unspecified atom stereocenters. The van der Waals surface area contributed by atoms with Crippen molar-refractivity contribution in [2.75, 3.05) is 14.2 Å². The third-order valence-electron chi connectivity index (χ3n) is 3.56. The van der Waals surface area contributed by atoms with E-state index < -0.39 is 0 Å². The summed E-state index contributed by atoms with van der Waals surface area (Å²) in [5, 5.41) is 20.0. The molecule has 1 aromatic heterocycles. The summed E-state index contributed by atoms with van der Waals surface area (Å²) in [6.07, 6.45) is 0.611. The monoisotopic (exact) mass is 314 g/mol. The minimum absolute atomic E-state index is 0.0267. The molecule has 6 heteroatoms. The summed E-state index contributed by atoms with van der Waals surface area (Å²) in [4.78, 5) is 11.6. The number of phenols is 2. The Bertz CT molecular complexity index is 894. The fraction of sp³-hybridized carbons (Fsp3) is 0.118. The van der Waals surface area contributed by atoms with E-state index in [2.05, 4.69) is 0 Å². The van der Waals surface area contributed by atoms with Gasteiger partial charge < -0.3 is 24.1 Å². The second-order valence-electron chi connectivity index (χ2n) is 4.87. The van der Waals surface area contributed by atoms with Crippen LogP contribution in [0.1, 0.15) is 10.4 Å². The zero-order valence-electron chi connectivity index (χ0n) is 12.5. The second-order valence-corrected chi connectivity index (χ2v) is 4.87. The van der Waals surface area contributed by atoms with E-state index in [1.165, 1.54) is 32.4 Å². The van der Waals surface area contributed by atoms with Gasteiger partial charge in [-0.15, -0.1) is 0 Å². The molecule has 6 nitrogen and oxygen atoms in total. The first-order chi connectivity index (χ1) is 11.1. The van der Waals surface area contributed by atoms with E-state index in [0.29, 0.717) is 34.3 Å². The van der Waals surface area contributed by atoms with Crippen molar-refractivity contribution < 1.29 is 28.9 Å². The second kappa shape index (κ2) is 5.57. The molecule has 0 bridgehead atoms. The molecule has 0 saturated carbocycles. The third-order valence-corrected chi connectivity index (χ3v) is 3.56. The van der Waals surface area contributed by atoms with Gasteiger partial charge in [0.25, 0.3) is 0 Å². The Morgan fingerprint density at radius 1 is 1.09 bits per heavy atom. The van der Waals surface area contributed by atoms with Gasteiger partial charge in [0.2, 0.25) is 0 Å². The average Bonchev–Trinajstić information content (AvgIpc) is 2.93. The van der Waals surface area contributed by atoms with Crippen molar-refractivity contribution in [2.45, 2.75) is 0 Å². The Morgan fingerprint density at radius 3 is 2.52 bits per heavy atom. The van der Waals surface area contributed by atoms with Crippen LogP contribution in [0, 0.1) is 0 Å². The summed E-state index contributed by atoms with van der Waals surface area (Å²) in [6.45, 7) is 0. The number of phenolic OH excluding ortho intramolecular Hbond substituents is 2. The van der Waals surface area contributed by atoms with Gasteiger partial charge in [-0.1, -0.05) is 0 Å². The number of carbonyl (C=O) groups excluding carboxylic acids is 1. The fourth-order valence-corrected chi connectivity index (χ4v) is 2.50. The number of aromatic hydroxyl groups is 2. The molecule has 118 valence electrons. The number of benzene rings is 2. The minimum Gasteiger partial charge on any atom is -0.508 e. The quantitative estimate of drug-likeness (QED) is 0.718. The zero-order valence-corrected chi connectivity index (χ0v) is 12.5. The van der Waals surface area contributed by atoms with Crippen LogP contribution in [0.15, 0.2) is 34.7 Å². The van der Waals surface area contributed by atoms with Gasteiger partial charge in [0, 0.05) is 18.2 Å². The topological polar surface area (TPSA) is 89.1 Å². The summed E-state index contributed by atoms with van der Waals surface area (Å²) < 4.78 is 16.1. The molecule has 2 N–H and O–H groups in total. The molecular weight excluding hydrogens is 300 g/mol. The number of hydrogen-bond donors (Lipinski definition) is 2. The standard InChI is InChI=1S/C17H14O6/c1-21-10-6-13(20)16-12(8-18)17(23-15(16)7-10)11-4-3-9(19)5-14(11)22-2/h3-8,19-20H,1-2H3. The highest BCUT2D eigenvalue weighted by Crippen LogP contribution is 2.42. The maximum Gasteiger partial charge on any atom is 0.154 e. The van der Waals surface area contributed by atoms with Crippen LogP contribution in [0.3, 0.4) is 0 Å². The van der Waals surface area contributed by atoms with Gasteiger partial charge in [-0.25, -0.2) is 0 Å². The van der Waals surface area contributed by atoms with Gasteiger partial charge >= 0.3 is 0 Å². The van der Waals surface area contributed by atoms with Gasteiger partial charge in [-0.2, -0.15) is 0 Å². The fourth-order valence-electron chi connectivity index (χ4n) is 2.50. The number of furan rings is 1. The number of fused-ring (bicyclic) bond motifs is 1. The minimum atomic E-state index is -0.116. The van der Waals surface area contributed by atoms with Crippen LogP contribution < -0.4 is 9.47 Å². The molecule has 23 heavy (non-hydrogen) atoms. The highest BCUT2D eigenvalue weighted by Gasteiger charge is 2.22. The molecule has 0 amide bonds. The van der Waals surface area contributed by atoms with Crippen LogP contribution in [0.25, 0.3) is 22.3 Å². The van der Waals surface area contributed by atoms with E-state index in [0.717, 1.165) is 0 Å². The van der Waals surface area contributed by atoms with E-state index in [9.17, 15) is 15.0 Å². The molecule has 0 radical (unpaired) electrons. The summed E-state index contributed by atoms with van der Waals surface area (Å²) in [7, 11) is 2.91. The van der Waals surface area contributed by atoms with E-state index >= 15 is 0 Å². The lowest BCUT2D eigenvalue weighted by Gasteiger charge is -2.07. The zero-order chi connectivity index (χ0) is 16.6. The number of carbonyl (C=O) groups is 1. The smallest absolute Gasteiger partial charge is 0.154 e. The lowest BCUT2D eigenvalue weighted by Crippen LogP contribution is -1.89. The Kier molecular flexibility index (Phi) is 3.57. The highest BCUT2D eigenvalue weighted by molar-refractivity contribution is 6.06. The first-order valence-corrected chi connectivity index (χ1v) is 6.75. The Balaban J connectivity index is 2.34. The van der Waals surface area contributed by atoms with Crippen molar-refractivity contribution in [1.82, 2.24) is 0 Å². The van der Waals surface area contributed by atoms with E-state index in [-0.39, 0.29) is 22.8 Å². The number of rotatable bonds is 4. The number of aldehydes is 1. The van der Waals surface area contributed by atoms with E-state index in [1.807, 2.05) is 0 Å². The van der Waals surface area contributed by atoms with Crippen molar-refractivity contribution in [1.29, 1.82) is 0 Å². The number of hydrogen-bond acceptors (Lipinski definition) is 6.